The molecule has 0 heterocycles. The minimum atomic E-state index is -0.274. The Bertz CT molecular complexity index is 323. The number of ketones is 1. The summed E-state index contributed by atoms with van der Waals surface area (Å²) in [4.78, 5) is 33.3. The van der Waals surface area contributed by atoms with Crippen LogP contribution in [-0.2, 0) is 28.6 Å². The van der Waals surface area contributed by atoms with E-state index in [0.717, 1.165) is 0 Å². The van der Waals surface area contributed by atoms with Gasteiger partial charge in [-0.15, -0.1) is 0 Å². The van der Waals surface area contributed by atoms with Gasteiger partial charge in [-0.25, -0.2) is 0 Å². The summed E-state index contributed by atoms with van der Waals surface area (Å²) in [6, 6.07) is 0. The van der Waals surface area contributed by atoms with Gasteiger partial charge in [-0.2, -0.15) is 0 Å². The van der Waals surface area contributed by atoms with E-state index in [-0.39, 0.29) is 50.4 Å². The van der Waals surface area contributed by atoms with Crippen LogP contribution in [0.15, 0.2) is 0 Å². The van der Waals surface area contributed by atoms with Gasteiger partial charge in [0, 0.05) is 26.6 Å². The Morgan fingerprint density at radius 2 is 1.43 bits per heavy atom. The molecule has 8 heteroatoms. The minimum Gasteiger partial charge on any atom is -0.382 e. The Morgan fingerprint density at radius 1 is 0.826 bits per heavy atom. The van der Waals surface area contributed by atoms with Crippen LogP contribution in [0.5, 0.6) is 0 Å². The van der Waals surface area contributed by atoms with Crippen molar-refractivity contribution in [3.8, 4) is 0 Å². The first-order valence-electron chi connectivity index (χ1n) is 7.73. The molecule has 0 aliphatic rings. The second kappa shape index (κ2) is 18.5. The SMILES string of the molecule is CC.COCCOCC(=O)NCCC(=O)NCCOCC(C)=O. The fraction of sp³-hybridized carbons (Fsp3) is 0.800. The number of methoxy groups -OCH3 is 1. The van der Waals surface area contributed by atoms with Crippen molar-refractivity contribution >= 4 is 17.6 Å². The van der Waals surface area contributed by atoms with Gasteiger partial charge in [0.05, 0.1) is 19.8 Å². The number of carbonyl (C=O) groups is 3. The molecule has 8 nitrogen and oxygen atoms in total. The highest BCUT2D eigenvalue weighted by molar-refractivity contribution is 5.79. The van der Waals surface area contributed by atoms with Gasteiger partial charge >= 0.3 is 0 Å². The number of Topliss-reactive ketones (excluding diaryl/α,β-unsaturated/α-hetero) is 1. The third-order valence-electron chi connectivity index (χ3n) is 2.21. The molecule has 0 radical (unpaired) electrons. The van der Waals surface area contributed by atoms with Crippen LogP contribution >= 0.6 is 0 Å². The smallest absolute Gasteiger partial charge is 0.246 e. The Balaban J connectivity index is 0. The van der Waals surface area contributed by atoms with Crippen molar-refractivity contribution in [2.75, 3.05) is 53.2 Å². The molecule has 0 saturated heterocycles. The van der Waals surface area contributed by atoms with Gasteiger partial charge in [-0.1, -0.05) is 13.8 Å². The molecular formula is C15H30N2O6. The highest BCUT2D eigenvalue weighted by atomic mass is 16.5. The van der Waals surface area contributed by atoms with Crippen molar-refractivity contribution in [3.05, 3.63) is 0 Å². The zero-order valence-electron chi connectivity index (χ0n) is 14.6. The lowest BCUT2D eigenvalue weighted by Crippen LogP contribution is -2.34. The highest BCUT2D eigenvalue weighted by Crippen LogP contribution is 1.81. The van der Waals surface area contributed by atoms with Crippen molar-refractivity contribution in [1.82, 2.24) is 10.6 Å². The number of hydrogen-bond acceptors (Lipinski definition) is 6. The third-order valence-corrected chi connectivity index (χ3v) is 2.21. The lowest BCUT2D eigenvalue weighted by molar-refractivity contribution is -0.126. The predicted molar refractivity (Wildman–Crippen MR) is 86.2 cm³/mol. The van der Waals surface area contributed by atoms with Crippen LogP contribution in [0.4, 0.5) is 0 Å². The Labute approximate surface area is 138 Å². The number of hydrogen-bond donors (Lipinski definition) is 2. The summed E-state index contributed by atoms with van der Waals surface area (Å²) in [6.45, 7) is 7.07. The van der Waals surface area contributed by atoms with Crippen LogP contribution in [0.1, 0.15) is 27.2 Å². The molecule has 2 N–H and O–H groups in total. The number of rotatable bonds is 13. The summed E-state index contributed by atoms with van der Waals surface area (Å²) >= 11 is 0. The molecule has 0 aliphatic carbocycles. The van der Waals surface area contributed by atoms with Crippen LogP contribution in [0.25, 0.3) is 0 Å². The Morgan fingerprint density at radius 3 is 2.04 bits per heavy atom. The van der Waals surface area contributed by atoms with Crippen LogP contribution in [0.2, 0.25) is 0 Å². The van der Waals surface area contributed by atoms with Crippen LogP contribution in [0, 0.1) is 0 Å². The highest BCUT2D eigenvalue weighted by Gasteiger charge is 2.04. The van der Waals surface area contributed by atoms with Gasteiger partial charge in [-0.05, 0) is 6.92 Å². The molecule has 0 fully saturated rings. The molecule has 0 rings (SSSR count). The van der Waals surface area contributed by atoms with Gasteiger partial charge in [0.1, 0.15) is 13.2 Å². The van der Waals surface area contributed by atoms with Gasteiger partial charge in [0.15, 0.2) is 5.78 Å². The molecule has 2 amide bonds. The topological polar surface area (TPSA) is 103 Å². The number of carbonyl (C=O) groups excluding carboxylic acids is 3. The van der Waals surface area contributed by atoms with Crippen LogP contribution in [0.3, 0.4) is 0 Å². The van der Waals surface area contributed by atoms with Gasteiger partial charge in [-0.3, -0.25) is 14.4 Å². The fourth-order valence-electron chi connectivity index (χ4n) is 1.24. The monoisotopic (exact) mass is 334 g/mol. The molecule has 23 heavy (non-hydrogen) atoms. The summed E-state index contributed by atoms with van der Waals surface area (Å²) in [5.74, 6) is -0.525. The van der Waals surface area contributed by atoms with Gasteiger partial charge in [0.2, 0.25) is 11.8 Å². The number of ether oxygens (including phenoxy) is 3. The van der Waals surface area contributed by atoms with Crippen molar-refractivity contribution in [1.29, 1.82) is 0 Å². The third kappa shape index (κ3) is 20.5. The molecule has 0 bridgehead atoms. The van der Waals surface area contributed by atoms with Crippen molar-refractivity contribution < 1.29 is 28.6 Å². The normalized spacial score (nSPS) is 9.57. The molecule has 0 aliphatic heterocycles. The van der Waals surface area contributed by atoms with E-state index >= 15 is 0 Å². The predicted octanol–water partition coefficient (Wildman–Crippen LogP) is -0.0963. The summed E-state index contributed by atoms with van der Waals surface area (Å²) in [7, 11) is 1.55. The maximum absolute atomic E-state index is 11.4. The van der Waals surface area contributed by atoms with E-state index in [9.17, 15) is 14.4 Å². The van der Waals surface area contributed by atoms with E-state index in [1.54, 1.807) is 7.11 Å². The fourth-order valence-corrected chi connectivity index (χ4v) is 1.24. The molecule has 0 saturated carbocycles. The minimum absolute atomic E-state index is 0.0506. The summed E-state index contributed by atoms with van der Waals surface area (Å²) in [6.07, 6.45) is 0.177. The van der Waals surface area contributed by atoms with Crippen LogP contribution in [-0.4, -0.2) is 70.8 Å². The lowest BCUT2D eigenvalue weighted by Gasteiger charge is -2.07. The second-order valence-electron chi connectivity index (χ2n) is 4.25. The summed E-state index contributed by atoms with van der Waals surface area (Å²) < 4.78 is 14.8. The van der Waals surface area contributed by atoms with E-state index in [4.69, 9.17) is 14.2 Å². The molecule has 0 aromatic heterocycles. The first-order chi connectivity index (χ1) is 11.1. The molecule has 0 aromatic rings. The van der Waals surface area contributed by atoms with E-state index in [0.29, 0.717) is 19.8 Å². The average Bonchev–Trinajstić information content (AvgIpc) is 2.53. The van der Waals surface area contributed by atoms with E-state index in [2.05, 4.69) is 10.6 Å². The lowest BCUT2D eigenvalue weighted by atomic mass is 10.4. The summed E-state index contributed by atoms with van der Waals surface area (Å²) in [5.41, 5.74) is 0. The standard InChI is InChI=1S/C13H24N2O6.C2H6/c1-11(16)9-20-6-5-15-12(17)3-4-14-13(18)10-21-8-7-19-2;1-2/h3-10H2,1-2H3,(H,14,18)(H,15,17);1-2H3. The number of amides is 2. The first kappa shape index (κ1) is 23.8. The molecular weight excluding hydrogens is 304 g/mol. The van der Waals surface area contributed by atoms with Crippen LogP contribution < -0.4 is 10.6 Å². The zero-order valence-corrected chi connectivity index (χ0v) is 14.6. The molecule has 0 aromatic carbocycles. The quantitative estimate of drug-likeness (QED) is 0.456. The largest absolute Gasteiger partial charge is 0.382 e. The van der Waals surface area contributed by atoms with E-state index < -0.39 is 0 Å². The molecule has 0 unspecified atom stereocenters. The van der Waals surface area contributed by atoms with E-state index in [1.165, 1.54) is 6.92 Å². The maximum atomic E-state index is 11.4. The first-order valence-corrected chi connectivity index (χ1v) is 7.73. The van der Waals surface area contributed by atoms with Gasteiger partial charge < -0.3 is 24.8 Å². The number of nitrogens with one attached hydrogen (secondary N) is 2. The van der Waals surface area contributed by atoms with Gasteiger partial charge in [0.25, 0.3) is 0 Å². The molecule has 0 spiro atoms. The summed E-state index contributed by atoms with van der Waals surface area (Å²) in [5, 5.41) is 5.18. The molecule has 0 atom stereocenters. The average molecular weight is 334 g/mol. The Hall–Kier alpha value is -1.51. The molecule has 136 valence electrons. The van der Waals surface area contributed by atoms with E-state index in [1.807, 2.05) is 13.8 Å². The van der Waals surface area contributed by atoms with Crippen molar-refractivity contribution in [2.24, 2.45) is 0 Å². The van der Waals surface area contributed by atoms with Crippen molar-refractivity contribution in [3.63, 3.8) is 0 Å². The maximum Gasteiger partial charge on any atom is 0.246 e. The Kier molecular flexibility index (Phi) is 19.1. The zero-order chi connectivity index (χ0) is 17.9. The van der Waals surface area contributed by atoms with Crippen molar-refractivity contribution in [2.45, 2.75) is 27.2 Å². The second-order valence-corrected chi connectivity index (χ2v) is 4.25.